The van der Waals surface area contributed by atoms with Crippen LogP contribution in [0, 0.1) is 0 Å². The number of nitrogens with one attached hydrogen (secondary N) is 1. The van der Waals surface area contributed by atoms with Gasteiger partial charge in [0.2, 0.25) is 0 Å². The van der Waals surface area contributed by atoms with Gasteiger partial charge in [-0.25, -0.2) is 9.97 Å². The Kier molecular flexibility index (Phi) is 3.69. The van der Waals surface area contributed by atoms with Crippen molar-refractivity contribution < 1.29 is 5.11 Å². The van der Waals surface area contributed by atoms with Gasteiger partial charge in [0.05, 0.1) is 10.2 Å². The summed E-state index contributed by atoms with van der Waals surface area (Å²) in [5, 5.41) is 14.1. The summed E-state index contributed by atoms with van der Waals surface area (Å²) in [7, 11) is 0. The van der Waals surface area contributed by atoms with Gasteiger partial charge in [-0.3, -0.25) is 0 Å². The molecule has 2 N–H and O–H groups in total. The summed E-state index contributed by atoms with van der Waals surface area (Å²) < 4.78 is 1.10. The number of anilines is 1. The van der Waals surface area contributed by atoms with E-state index >= 15 is 0 Å². The van der Waals surface area contributed by atoms with E-state index in [0.717, 1.165) is 28.9 Å². The highest BCUT2D eigenvalue weighted by Gasteiger charge is 2.07. The van der Waals surface area contributed by atoms with E-state index in [2.05, 4.69) is 22.2 Å². The molecule has 0 saturated carbocycles. The van der Waals surface area contributed by atoms with Gasteiger partial charge in [0, 0.05) is 12.6 Å². The number of aromatic nitrogens is 2. The van der Waals surface area contributed by atoms with E-state index in [1.807, 2.05) is 11.4 Å². The molecule has 0 aromatic carbocycles. The Hall–Kier alpha value is -1.20. The second-order valence-corrected chi connectivity index (χ2v) is 4.68. The van der Waals surface area contributed by atoms with Crippen LogP contribution in [0.2, 0.25) is 0 Å². The molecule has 0 radical (unpaired) electrons. The van der Waals surface area contributed by atoms with Crippen LogP contribution in [-0.2, 0) is 0 Å². The third-order valence-corrected chi connectivity index (χ3v) is 3.33. The molecule has 2 heterocycles. The third kappa shape index (κ3) is 2.48. The molecule has 0 amide bonds. The maximum Gasteiger partial charge on any atom is 0.147 e. The minimum atomic E-state index is 0.240. The van der Waals surface area contributed by atoms with Gasteiger partial charge in [-0.2, -0.15) is 0 Å². The molecule has 0 saturated heterocycles. The molecular weight excluding hydrogens is 222 g/mol. The van der Waals surface area contributed by atoms with Crippen molar-refractivity contribution >= 4 is 27.4 Å². The second kappa shape index (κ2) is 5.23. The molecule has 1 unspecified atom stereocenters. The van der Waals surface area contributed by atoms with Gasteiger partial charge in [0.1, 0.15) is 12.1 Å². The number of rotatable bonds is 5. The van der Waals surface area contributed by atoms with E-state index in [1.165, 1.54) is 0 Å². The zero-order chi connectivity index (χ0) is 11.4. The minimum absolute atomic E-state index is 0.240. The van der Waals surface area contributed by atoms with Crippen molar-refractivity contribution in [3.05, 3.63) is 17.8 Å². The summed E-state index contributed by atoms with van der Waals surface area (Å²) in [5.41, 5.74) is 0.983. The quantitative estimate of drug-likeness (QED) is 0.837. The fourth-order valence-corrected chi connectivity index (χ4v) is 2.39. The normalized spacial score (nSPS) is 12.9. The summed E-state index contributed by atoms with van der Waals surface area (Å²) in [6.45, 7) is 2.33. The van der Waals surface area contributed by atoms with Crippen LogP contribution in [0.5, 0.6) is 0 Å². The van der Waals surface area contributed by atoms with E-state index in [1.54, 1.807) is 17.7 Å². The number of fused-ring (bicyclic) bond motifs is 1. The van der Waals surface area contributed by atoms with Gasteiger partial charge in [-0.15, -0.1) is 11.3 Å². The number of nitrogens with zero attached hydrogens (tertiary/aromatic N) is 2. The first-order chi connectivity index (χ1) is 7.81. The van der Waals surface area contributed by atoms with Gasteiger partial charge in [0.15, 0.2) is 0 Å². The molecular formula is C11H15N3OS. The molecule has 0 aliphatic rings. The summed E-state index contributed by atoms with van der Waals surface area (Å²) in [4.78, 5) is 8.44. The lowest BCUT2D eigenvalue weighted by Gasteiger charge is -2.13. The molecule has 0 bridgehead atoms. The van der Waals surface area contributed by atoms with Crippen molar-refractivity contribution in [2.45, 2.75) is 25.8 Å². The highest BCUT2D eigenvalue weighted by Crippen LogP contribution is 2.25. The van der Waals surface area contributed by atoms with Crippen LogP contribution in [-0.4, -0.2) is 27.7 Å². The van der Waals surface area contributed by atoms with E-state index in [-0.39, 0.29) is 6.61 Å². The molecule has 2 aromatic rings. The number of hydrogen-bond donors (Lipinski definition) is 2. The lowest BCUT2D eigenvalue weighted by Crippen LogP contribution is -2.16. The monoisotopic (exact) mass is 237 g/mol. The van der Waals surface area contributed by atoms with E-state index in [9.17, 15) is 0 Å². The van der Waals surface area contributed by atoms with Crippen LogP contribution in [0.25, 0.3) is 10.2 Å². The van der Waals surface area contributed by atoms with Gasteiger partial charge >= 0.3 is 0 Å². The van der Waals surface area contributed by atoms with Gasteiger partial charge < -0.3 is 10.4 Å². The van der Waals surface area contributed by atoms with E-state index in [0.29, 0.717) is 6.04 Å². The molecule has 1 atom stereocenters. The molecule has 5 heteroatoms. The van der Waals surface area contributed by atoms with Crippen LogP contribution < -0.4 is 5.32 Å². The van der Waals surface area contributed by atoms with E-state index in [4.69, 9.17) is 5.11 Å². The fraction of sp³-hybridized carbons (Fsp3) is 0.455. The van der Waals surface area contributed by atoms with Crippen LogP contribution >= 0.6 is 11.3 Å². The molecule has 4 nitrogen and oxygen atoms in total. The average molecular weight is 237 g/mol. The first-order valence-electron chi connectivity index (χ1n) is 5.37. The fourth-order valence-electron chi connectivity index (χ4n) is 1.59. The minimum Gasteiger partial charge on any atom is -0.396 e. The van der Waals surface area contributed by atoms with Crippen LogP contribution in [0.1, 0.15) is 19.8 Å². The standard InChI is InChI=1S/C11H15N3OS/c1-8(3-2-5-15)14-11-10-9(4-6-16-10)12-7-13-11/h4,6-8,15H,2-3,5H2,1H3,(H,12,13,14). The molecule has 86 valence electrons. The summed E-state index contributed by atoms with van der Waals surface area (Å²) in [5.74, 6) is 0.894. The Bertz CT molecular complexity index is 457. The van der Waals surface area contributed by atoms with E-state index < -0.39 is 0 Å². The Morgan fingerprint density at radius 1 is 1.50 bits per heavy atom. The molecule has 0 spiro atoms. The first kappa shape index (κ1) is 11.3. The lowest BCUT2D eigenvalue weighted by atomic mass is 10.2. The van der Waals surface area contributed by atoms with Crippen molar-refractivity contribution in [2.24, 2.45) is 0 Å². The molecule has 0 aliphatic carbocycles. The van der Waals surface area contributed by atoms with Crippen LogP contribution in [0.15, 0.2) is 17.8 Å². The summed E-state index contributed by atoms with van der Waals surface area (Å²) >= 11 is 1.64. The van der Waals surface area contributed by atoms with Crippen molar-refractivity contribution in [1.29, 1.82) is 0 Å². The Labute approximate surface area is 98.4 Å². The first-order valence-corrected chi connectivity index (χ1v) is 6.25. The average Bonchev–Trinajstić information content (AvgIpc) is 2.75. The van der Waals surface area contributed by atoms with Crippen LogP contribution in [0.3, 0.4) is 0 Å². The van der Waals surface area contributed by atoms with Crippen LogP contribution in [0.4, 0.5) is 5.82 Å². The number of aliphatic hydroxyl groups is 1. The Morgan fingerprint density at radius 3 is 3.19 bits per heavy atom. The van der Waals surface area contributed by atoms with Gasteiger partial charge in [-0.05, 0) is 31.2 Å². The predicted octanol–water partition coefficient (Wildman–Crippen LogP) is 2.26. The lowest BCUT2D eigenvalue weighted by molar-refractivity contribution is 0.282. The molecule has 0 fully saturated rings. The summed E-state index contributed by atoms with van der Waals surface area (Å²) in [6.07, 6.45) is 3.33. The van der Waals surface area contributed by atoms with Crippen molar-refractivity contribution in [2.75, 3.05) is 11.9 Å². The third-order valence-electron chi connectivity index (χ3n) is 2.42. The Balaban J connectivity index is 2.11. The molecule has 16 heavy (non-hydrogen) atoms. The van der Waals surface area contributed by atoms with Gasteiger partial charge in [0.25, 0.3) is 0 Å². The number of aliphatic hydroxyl groups excluding tert-OH is 1. The zero-order valence-electron chi connectivity index (χ0n) is 9.18. The predicted molar refractivity (Wildman–Crippen MR) is 66.8 cm³/mol. The maximum atomic E-state index is 8.77. The topological polar surface area (TPSA) is 58.0 Å². The Morgan fingerprint density at radius 2 is 2.38 bits per heavy atom. The zero-order valence-corrected chi connectivity index (χ0v) is 10.00. The van der Waals surface area contributed by atoms with Crippen molar-refractivity contribution in [1.82, 2.24) is 9.97 Å². The van der Waals surface area contributed by atoms with Crippen molar-refractivity contribution in [3.63, 3.8) is 0 Å². The number of thiophene rings is 1. The molecule has 2 aromatic heterocycles. The summed E-state index contributed by atoms with van der Waals surface area (Å²) in [6, 6.07) is 2.30. The largest absolute Gasteiger partial charge is 0.396 e. The number of hydrogen-bond acceptors (Lipinski definition) is 5. The highest BCUT2D eigenvalue weighted by molar-refractivity contribution is 7.17. The molecule has 0 aliphatic heterocycles. The highest BCUT2D eigenvalue weighted by atomic mass is 32.1. The van der Waals surface area contributed by atoms with Gasteiger partial charge in [-0.1, -0.05) is 0 Å². The molecule has 2 rings (SSSR count). The SMILES string of the molecule is CC(CCCO)Nc1ncnc2ccsc12. The smallest absolute Gasteiger partial charge is 0.147 e. The van der Waals surface area contributed by atoms with Crippen molar-refractivity contribution in [3.8, 4) is 0 Å². The second-order valence-electron chi connectivity index (χ2n) is 3.77. The maximum absolute atomic E-state index is 8.77.